The first-order valence-corrected chi connectivity index (χ1v) is 10.8. The first-order chi connectivity index (χ1) is 15.5. The van der Waals surface area contributed by atoms with Gasteiger partial charge in [-0.1, -0.05) is 84.9 Å². The van der Waals surface area contributed by atoms with Gasteiger partial charge < -0.3 is 5.11 Å². The number of nitrogens with zero attached hydrogens (tertiary/aromatic N) is 1. The molecule has 0 spiro atoms. The fourth-order valence-corrected chi connectivity index (χ4v) is 5.91. The highest BCUT2D eigenvalue weighted by atomic mass is 16.4. The molecule has 0 aromatic heterocycles. The highest BCUT2D eigenvalue weighted by molar-refractivity contribution is 5.94. The lowest BCUT2D eigenvalue weighted by molar-refractivity contribution is -0.180. The van der Waals surface area contributed by atoms with Crippen LogP contribution in [-0.4, -0.2) is 34.3 Å². The van der Waals surface area contributed by atoms with Gasteiger partial charge >= 0.3 is 5.97 Å². The number of hydrogen-bond acceptors (Lipinski definition) is 3. The van der Waals surface area contributed by atoms with E-state index in [0.717, 1.165) is 27.8 Å². The number of likely N-dealkylation sites (tertiary alicyclic amines) is 1. The average Bonchev–Trinajstić information content (AvgIpc) is 3.07. The second-order valence-electron chi connectivity index (χ2n) is 8.74. The number of hydrogen-bond donors (Lipinski definition) is 1. The van der Waals surface area contributed by atoms with Crippen LogP contribution in [-0.2, 0) is 15.1 Å². The summed E-state index contributed by atoms with van der Waals surface area (Å²) in [5.74, 6) is -1.09. The van der Waals surface area contributed by atoms with Gasteiger partial charge in [-0.05, 0) is 41.2 Å². The maximum Gasteiger partial charge on any atom is 0.322 e. The fourth-order valence-electron chi connectivity index (χ4n) is 5.91. The lowest BCUT2D eigenvalue weighted by Crippen LogP contribution is -2.75. The largest absolute Gasteiger partial charge is 0.480 e. The van der Waals surface area contributed by atoms with Crippen LogP contribution in [0.1, 0.15) is 30.0 Å². The van der Waals surface area contributed by atoms with Gasteiger partial charge in [-0.25, -0.2) is 0 Å². The highest BCUT2D eigenvalue weighted by Crippen LogP contribution is 2.60. The Morgan fingerprint density at radius 3 is 2.00 bits per heavy atom. The van der Waals surface area contributed by atoms with E-state index in [1.54, 1.807) is 6.08 Å². The molecule has 0 saturated carbocycles. The first kappa shape index (κ1) is 20.4. The molecule has 2 atom stereocenters. The maximum atomic E-state index is 12.8. The summed E-state index contributed by atoms with van der Waals surface area (Å²) in [5, 5.41) is 10.4. The summed E-state index contributed by atoms with van der Waals surface area (Å²) in [6.45, 7) is 5.66. The molecule has 1 saturated heterocycles. The van der Waals surface area contributed by atoms with E-state index >= 15 is 0 Å². The van der Waals surface area contributed by atoms with Gasteiger partial charge in [-0.3, -0.25) is 14.5 Å². The quantitative estimate of drug-likeness (QED) is 0.574. The van der Waals surface area contributed by atoms with Crippen LogP contribution < -0.4 is 0 Å². The Morgan fingerprint density at radius 2 is 1.50 bits per heavy atom. The zero-order chi connectivity index (χ0) is 22.5. The van der Waals surface area contributed by atoms with Gasteiger partial charge in [0.1, 0.15) is 11.8 Å². The molecule has 3 aromatic rings. The van der Waals surface area contributed by atoms with Crippen molar-refractivity contribution in [3.63, 3.8) is 0 Å². The Bertz CT molecular complexity index is 1190. The molecule has 32 heavy (non-hydrogen) atoms. The third-order valence-corrected chi connectivity index (χ3v) is 7.28. The average molecular weight is 424 g/mol. The number of allylic oxidation sites excluding steroid dienone is 1. The molecule has 3 aromatic carbocycles. The standard InChI is InChI=1S/C28H25NO3/c1-3-17-27(19(2)30)18-29(25(27)26(31)32)28(20-11-5-4-6-12-20)23-15-9-7-13-21(23)22-14-8-10-16-24(22)28/h3-16,25H,1,17-18H2,2H3,(H,31,32)/t25-,27-/m1/s1. The summed E-state index contributed by atoms with van der Waals surface area (Å²) in [6.07, 6.45) is 2.00. The summed E-state index contributed by atoms with van der Waals surface area (Å²) in [5.41, 5.74) is 3.52. The molecule has 0 radical (unpaired) electrons. The van der Waals surface area contributed by atoms with Gasteiger partial charge in [0.2, 0.25) is 0 Å². The summed E-state index contributed by atoms with van der Waals surface area (Å²) in [7, 11) is 0. The van der Waals surface area contributed by atoms with Gasteiger partial charge in [0, 0.05) is 6.54 Å². The molecule has 0 amide bonds. The monoisotopic (exact) mass is 423 g/mol. The molecule has 0 bridgehead atoms. The van der Waals surface area contributed by atoms with Crippen LogP contribution in [0.15, 0.2) is 91.5 Å². The predicted molar refractivity (Wildman–Crippen MR) is 124 cm³/mol. The fraction of sp³-hybridized carbons (Fsp3) is 0.214. The number of Topliss-reactive ketones (excluding diaryl/α,β-unsaturated/α-hetero) is 1. The molecule has 0 unspecified atom stereocenters. The summed E-state index contributed by atoms with van der Waals surface area (Å²) in [4.78, 5) is 27.5. The third-order valence-electron chi connectivity index (χ3n) is 7.28. The van der Waals surface area contributed by atoms with Crippen LogP contribution in [0.3, 0.4) is 0 Å². The van der Waals surface area contributed by atoms with Crippen molar-refractivity contribution >= 4 is 11.8 Å². The van der Waals surface area contributed by atoms with E-state index in [9.17, 15) is 14.7 Å². The van der Waals surface area contributed by atoms with Crippen LogP contribution in [0.2, 0.25) is 0 Å². The van der Waals surface area contributed by atoms with E-state index in [1.807, 2.05) is 47.4 Å². The number of carbonyl (C=O) groups excluding carboxylic acids is 1. The normalized spacial score (nSPS) is 23.0. The molecular formula is C28H25NO3. The van der Waals surface area contributed by atoms with Crippen LogP contribution in [0.4, 0.5) is 0 Å². The third kappa shape index (κ3) is 2.47. The molecule has 1 aliphatic carbocycles. The molecule has 5 rings (SSSR count). The Balaban J connectivity index is 1.83. The van der Waals surface area contributed by atoms with E-state index in [0.29, 0.717) is 13.0 Å². The molecule has 1 N–H and O–H groups in total. The second kappa shape index (κ2) is 7.28. The molecule has 160 valence electrons. The molecule has 4 heteroatoms. The van der Waals surface area contributed by atoms with Crippen LogP contribution in [0.25, 0.3) is 11.1 Å². The van der Waals surface area contributed by atoms with Gasteiger partial charge in [-0.15, -0.1) is 6.58 Å². The Morgan fingerprint density at radius 1 is 0.969 bits per heavy atom. The number of ketones is 1. The molecular weight excluding hydrogens is 398 g/mol. The molecule has 4 nitrogen and oxygen atoms in total. The van der Waals surface area contributed by atoms with Gasteiger partial charge in [0.15, 0.2) is 0 Å². The summed E-state index contributed by atoms with van der Waals surface area (Å²) < 4.78 is 0. The van der Waals surface area contributed by atoms with Gasteiger partial charge in [-0.2, -0.15) is 0 Å². The minimum absolute atomic E-state index is 0.108. The Hall–Kier alpha value is -3.50. The first-order valence-electron chi connectivity index (χ1n) is 10.8. The van der Waals surface area contributed by atoms with Crippen molar-refractivity contribution in [1.82, 2.24) is 4.90 Å². The number of carboxylic acid groups (broad SMARTS) is 1. The predicted octanol–water partition coefficient (Wildman–Crippen LogP) is 4.88. The second-order valence-corrected chi connectivity index (χ2v) is 8.74. The van der Waals surface area contributed by atoms with Crippen molar-refractivity contribution < 1.29 is 14.7 Å². The minimum atomic E-state index is -0.984. The van der Waals surface area contributed by atoms with Crippen molar-refractivity contribution in [2.45, 2.75) is 24.9 Å². The van der Waals surface area contributed by atoms with Crippen LogP contribution >= 0.6 is 0 Å². The molecule has 1 fully saturated rings. The van der Waals surface area contributed by atoms with Crippen LogP contribution in [0, 0.1) is 5.41 Å². The molecule has 2 aliphatic rings. The lowest BCUT2D eigenvalue weighted by Gasteiger charge is -2.61. The van der Waals surface area contributed by atoms with Crippen molar-refractivity contribution in [2.24, 2.45) is 5.41 Å². The smallest absolute Gasteiger partial charge is 0.322 e. The van der Waals surface area contributed by atoms with Crippen molar-refractivity contribution in [2.75, 3.05) is 6.54 Å². The Labute approximate surface area is 187 Å². The summed E-state index contributed by atoms with van der Waals surface area (Å²) >= 11 is 0. The van der Waals surface area contributed by atoms with E-state index < -0.39 is 23.0 Å². The van der Waals surface area contributed by atoms with E-state index in [1.165, 1.54) is 6.92 Å². The summed E-state index contributed by atoms with van der Waals surface area (Å²) in [6, 6.07) is 25.5. The number of carbonyl (C=O) groups is 2. The SMILES string of the molecule is C=CC[C@]1(C(C)=O)CN(C2(c3ccccc3)c3ccccc3-c3ccccc32)[C@@H]1C(=O)O. The van der Waals surface area contributed by atoms with E-state index in [2.05, 4.69) is 43.0 Å². The maximum absolute atomic E-state index is 12.8. The van der Waals surface area contributed by atoms with E-state index in [-0.39, 0.29) is 5.78 Å². The van der Waals surface area contributed by atoms with E-state index in [4.69, 9.17) is 0 Å². The number of fused-ring (bicyclic) bond motifs is 3. The van der Waals surface area contributed by atoms with Gasteiger partial charge in [0.05, 0.1) is 11.0 Å². The zero-order valence-corrected chi connectivity index (χ0v) is 18.0. The lowest BCUT2D eigenvalue weighted by atomic mass is 9.62. The number of aliphatic carboxylic acids is 1. The van der Waals surface area contributed by atoms with Crippen molar-refractivity contribution in [3.05, 3.63) is 108 Å². The molecule has 1 heterocycles. The van der Waals surface area contributed by atoms with Crippen LogP contribution in [0.5, 0.6) is 0 Å². The minimum Gasteiger partial charge on any atom is -0.480 e. The number of rotatable bonds is 6. The zero-order valence-electron chi connectivity index (χ0n) is 18.0. The topological polar surface area (TPSA) is 57.6 Å². The highest BCUT2D eigenvalue weighted by Gasteiger charge is 2.66. The van der Waals surface area contributed by atoms with Gasteiger partial charge in [0.25, 0.3) is 0 Å². The van der Waals surface area contributed by atoms with Crippen molar-refractivity contribution in [1.29, 1.82) is 0 Å². The number of carboxylic acids is 1. The van der Waals surface area contributed by atoms with Crippen molar-refractivity contribution in [3.8, 4) is 11.1 Å². The number of benzene rings is 3. The molecule has 1 aliphatic heterocycles. The Kier molecular flexibility index (Phi) is 4.64.